The van der Waals surface area contributed by atoms with E-state index in [1.165, 1.54) is 0 Å². The van der Waals surface area contributed by atoms with Gasteiger partial charge in [0.05, 0.1) is 0 Å². The molecule has 0 radical (unpaired) electrons. The average Bonchev–Trinajstić information content (AvgIpc) is 2.63. The van der Waals surface area contributed by atoms with Crippen molar-refractivity contribution < 1.29 is 9.13 Å². The summed E-state index contributed by atoms with van der Waals surface area (Å²) in [5.41, 5.74) is 4.31. The summed E-state index contributed by atoms with van der Waals surface area (Å²) in [6, 6.07) is 0.521. The first-order valence-electron chi connectivity index (χ1n) is 5.44. The Balaban J connectivity index is 1.88. The van der Waals surface area contributed by atoms with Crippen molar-refractivity contribution in [2.45, 2.75) is 31.0 Å². The molecule has 0 aromatic rings. The third-order valence-corrected chi connectivity index (χ3v) is 3.41. The van der Waals surface area contributed by atoms with Gasteiger partial charge in [-0.15, -0.1) is 0 Å². The zero-order valence-electron chi connectivity index (χ0n) is 8.54. The molecule has 2 aliphatic heterocycles. The van der Waals surface area contributed by atoms with Crippen molar-refractivity contribution in [1.82, 2.24) is 4.90 Å². The molecule has 2 saturated heterocycles. The predicted octanol–water partition coefficient (Wildman–Crippen LogP) is 0.538. The second kappa shape index (κ2) is 4.13. The Labute approximate surface area is 84.4 Å². The Morgan fingerprint density at radius 1 is 1.43 bits per heavy atom. The summed E-state index contributed by atoms with van der Waals surface area (Å²) in [6.07, 6.45) is 2.68. The minimum atomic E-state index is -1.13. The zero-order chi connectivity index (χ0) is 10.0. The van der Waals surface area contributed by atoms with Crippen molar-refractivity contribution in [3.05, 3.63) is 0 Å². The number of ether oxygens (including phenoxy) is 1. The molecule has 14 heavy (non-hydrogen) atoms. The summed E-state index contributed by atoms with van der Waals surface area (Å²) in [7, 11) is 0. The normalized spacial score (nSPS) is 36.4. The first-order chi connectivity index (χ1) is 6.73. The van der Waals surface area contributed by atoms with Crippen LogP contribution in [0, 0.1) is 0 Å². The van der Waals surface area contributed by atoms with Gasteiger partial charge in [-0.25, -0.2) is 4.39 Å². The van der Waals surface area contributed by atoms with E-state index >= 15 is 0 Å². The molecule has 3 nitrogen and oxygen atoms in total. The second-order valence-corrected chi connectivity index (χ2v) is 4.42. The molecule has 0 aliphatic carbocycles. The van der Waals surface area contributed by atoms with Gasteiger partial charge in [0.15, 0.2) is 0 Å². The molecule has 2 aliphatic rings. The van der Waals surface area contributed by atoms with Crippen LogP contribution in [-0.2, 0) is 4.74 Å². The van der Waals surface area contributed by atoms with Gasteiger partial charge in [-0.2, -0.15) is 0 Å². The number of likely N-dealkylation sites (tertiary alicyclic amines) is 1. The minimum Gasteiger partial charge on any atom is -0.381 e. The van der Waals surface area contributed by atoms with Gasteiger partial charge in [0.2, 0.25) is 0 Å². The monoisotopic (exact) mass is 202 g/mol. The van der Waals surface area contributed by atoms with E-state index in [0.717, 1.165) is 32.6 Å². The maximum absolute atomic E-state index is 13.8. The number of nitrogens with two attached hydrogens (primary N) is 1. The summed E-state index contributed by atoms with van der Waals surface area (Å²) >= 11 is 0. The minimum absolute atomic E-state index is 0.159. The van der Waals surface area contributed by atoms with E-state index in [0.29, 0.717) is 19.0 Å². The smallest absolute Gasteiger partial charge is 0.137 e. The molecule has 2 rings (SSSR count). The number of rotatable bonds is 2. The van der Waals surface area contributed by atoms with E-state index in [1.807, 2.05) is 0 Å². The van der Waals surface area contributed by atoms with E-state index in [1.54, 1.807) is 0 Å². The van der Waals surface area contributed by atoms with E-state index in [9.17, 15) is 4.39 Å². The first-order valence-corrected chi connectivity index (χ1v) is 5.44. The molecule has 2 fully saturated rings. The quantitative estimate of drug-likeness (QED) is 0.710. The van der Waals surface area contributed by atoms with E-state index in [-0.39, 0.29) is 6.54 Å². The SMILES string of the molecule is NCC1(F)CCN(C2CCOCC2)C1. The lowest BCUT2D eigenvalue weighted by Gasteiger charge is -2.31. The standard InChI is InChI=1S/C10H19FN2O/c11-10(7-12)3-4-13(8-10)9-1-5-14-6-2-9/h9H,1-8,12H2. The Morgan fingerprint density at radius 2 is 2.14 bits per heavy atom. The molecule has 4 heteroatoms. The molecule has 0 bridgehead atoms. The largest absolute Gasteiger partial charge is 0.381 e. The third kappa shape index (κ3) is 2.07. The average molecular weight is 202 g/mol. The van der Waals surface area contributed by atoms with Gasteiger partial charge in [0.1, 0.15) is 5.67 Å². The van der Waals surface area contributed by atoms with Crippen LogP contribution in [0.4, 0.5) is 4.39 Å². The van der Waals surface area contributed by atoms with Gasteiger partial charge in [-0.05, 0) is 19.3 Å². The zero-order valence-corrected chi connectivity index (χ0v) is 8.54. The summed E-state index contributed by atoms with van der Waals surface area (Å²) in [5.74, 6) is 0. The molecular weight excluding hydrogens is 183 g/mol. The lowest BCUT2D eigenvalue weighted by atomic mass is 10.1. The molecule has 0 spiro atoms. The molecule has 0 aromatic carbocycles. The topological polar surface area (TPSA) is 38.5 Å². The highest BCUT2D eigenvalue weighted by Gasteiger charge is 2.39. The molecule has 0 aromatic heterocycles. The van der Waals surface area contributed by atoms with Gasteiger partial charge < -0.3 is 10.5 Å². The molecule has 2 heterocycles. The maximum atomic E-state index is 13.8. The van der Waals surface area contributed by atoms with Crippen LogP contribution in [0.3, 0.4) is 0 Å². The van der Waals surface area contributed by atoms with Crippen LogP contribution >= 0.6 is 0 Å². The van der Waals surface area contributed by atoms with Gasteiger partial charge in [0, 0.05) is 38.9 Å². The van der Waals surface area contributed by atoms with Crippen molar-refractivity contribution in [3.8, 4) is 0 Å². The van der Waals surface area contributed by atoms with E-state index in [4.69, 9.17) is 10.5 Å². The van der Waals surface area contributed by atoms with Gasteiger partial charge in [-0.3, -0.25) is 4.90 Å². The number of nitrogens with zero attached hydrogens (tertiary/aromatic N) is 1. The second-order valence-electron chi connectivity index (χ2n) is 4.42. The number of halogens is 1. The van der Waals surface area contributed by atoms with Gasteiger partial charge in [-0.1, -0.05) is 0 Å². The molecule has 1 unspecified atom stereocenters. The van der Waals surface area contributed by atoms with Crippen LogP contribution in [0.1, 0.15) is 19.3 Å². The summed E-state index contributed by atoms with van der Waals surface area (Å²) < 4.78 is 19.1. The molecule has 1 atom stereocenters. The Morgan fingerprint density at radius 3 is 2.71 bits per heavy atom. The van der Waals surface area contributed by atoms with Crippen LogP contribution in [0.5, 0.6) is 0 Å². The highest BCUT2D eigenvalue weighted by Crippen LogP contribution is 2.28. The lowest BCUT2D eigenvalue weighted by Crippen LogP contribution is -2.42. The number of hydrogen-bond donors (Lipinski definition) is 1. The third-order valence-electron chi connectivity index (χ3n) is 3.41. The highest BCUT2D eigenvalue weighted by molar-refractivity contribution is 4.94. The molecule has 2 N–H and O–H groups in total. The first kappa shape index (κ1) is 10.3. The molecular formula is C10H19FN2O. The van der Waals surface area contributed by atoms with Crippen LogP contribution in [0.2, 0.25) is 0 Å². The number of alkyl halides is 1. The number of hydrogen-bond acceptors (Lipinski definition) is 3. The highest BCUT2D eigenvalue weighted by atomic mass is 19.1. The Bertz CT molecular complexity index is 197. The van der Waals surface area contributed by atoms with E-state index < -0.39 is 5.67 Å². The maximum Gasteiger partial charge on any atom is 0.137 e. The summed E-state index contributed by atoms with van der Waals surface area (Å²) in [6.45, 7) is 3.19. The fourth-order valence-corrected chi connectivity index (χ4v) is 2.39. The Kier molecular flexibility index (Phi) is 3.04. The van der Waals surface area contributed by atoms with Crippen LogP contribution in [0.15, 0.2) is 0 Å². The van der Waals surface area contributed by atoms with Crippen molar-refractivity contribution >= 4 is 0 Å². The molecule has 0 amide bonds. The van der Waals surface area contributed by atoms with Crippen LogP contribution in [-0.4, -0.2) is 49.5 Å². The van der Waals surface area contributed by atoms with Gasteiger partial charge >= 0.3 is 0 Å². The van der Waals surface area contributed by atoms with Crippen molar-refractivity contribution in [2.75, 3.05) is 32.8 Å². The van der Waals surface area contributed by atoms with Crippen LogP contribution in [0.25, 0.3) is 0 Å². The molecule has 82 valence electrons. The van der Waals surface area contributed by atoms with Crippen molar-refractivity contribution in [2.24, 2.45) is 5.73 Å². The van der Waals surface area contributed by atoms with Crippen molar-refractivity contribution in [1.29, 1.82) is 0 Å². The fourth-order valence-electron chi connectivity index (χ4n) is 2.39. The predicted molar refractivity (Wildman–Crippen MR) is 52.9 cm³/mol. The molecule has 0 saturated carbocycles. The van der Waals surface area contributed by atoms with Crippen LogP contribution < -0.4 is 5.73 Å². The van der Waals surface area contributed by atoms with E-state index in [2.05, 4.69) is 4.90 Å². The van der Waals surface area contributed by atoms with Gasteiger partial charge in [0.25, 0.3) is 0 Å². The summed E-state index contributed by atoms with van der Waals surface area (Å²) in [4.78, 5) is 2.25. The lowest BCUT2D eigenvalue weighted by molar-refractivity contribution is 0.0361. The summed E-state index contributed by atoms with van der Waals surface area (Å²) in [5, 5.41) is 0. The fraction of sp³-hybridized carbons (Fsp3) is 1.00. The van der Waals surface area contributed by atoms with Crippen molar-refractivity contribution in [3.63, 3.8) is 0 Å². The Hall–Kier alpha value is -0.190.